The molecule has 5 heteroatoms. The van der Waals surface area contributed by atoms with Crippen LogP contribution in [0.5, 0.6) is 5.75 Å². The Balaban J connectivity index is 1.60. The van der Waals surface area contributed by atoms with Crippen molar-refractivity contribution < 1.29 is 14.3 Å². The molecule has 0 radical (unpaired) electrons. The molecular weight excluding hydrogens is 304 g/mol. The van der Waals surface area contributed by atoms with Gasteiger partial charge in [-0.25, -0.2) is 4.79 Å². The van der Waals surface area contributed by atoms with Crippen LogP contribution in [-0.2, 0) is 4.79 Å². The highest BCUT2D eigenvalue weighted by Gasteiger charge is 2.18. The molecule has 0 aliphatic carbocycles. The number of piperazine rings is 1. The maximum absolute atomic E-state index is 12.0. The van der Waals surface area contributed by atoms with E-state index < -0.39 is 0 Å². The fourth-order valence-corrected chi connectivity index (χ4v) is 2.74. The normalized spacial score (nSPS) is 14.4. The highest BCUT2D eigenvalue weighted by Crippen LogP contribution is 2.21. The number of nitrogens with zero attached hydrogens (tertiary/aromatic N) is 2. The molecule has 1 fully saturated rings. The monoisotopic (exact) mass is 324 g/mol. The molecule has 1 amide bonds. The zero-order valence-electron chi connectivity index (χ0n) is 13.6. The summed E-state index contributed by atoms with van der Waals surface area (Å²) in [5.41, 5.74) is 1.60. The van der Waals surface area contributed by atoms with Gasteiger partial charge in [-0.3, -0.25) is 4.79 Å². The second-order valence-electron chi connectivity index (χ2n) is 5.74. The van der Waals surface area contributed by atoms with Crippen molar-refractivity contribution in [3.8, 4) is 5.75 Å². The van der Waals surface area contributed by atoms with Crippen LogP contribution in [0.15, 0.2) is 54.6 Å². The average molecular weight is 324 g/mol. The van der Waals surface area contributed by atoms with Gasteiger partial charge >= 0.3 is 5.97 Å². The second kappa shape index (κ2) is 7.17. The zero-order valence-corrected chi connectivity index (χ0v) is 13.6. The van der Waals surface area contributed by atoms with Crippen molar-refractivity contribution in [3.63, 3.8) is 0 Å². The predicted octanol–water partition coefficient (Wildman–Crippen LogP) is 2.57. The van der Waals surface area contributed by atoms with Gasteiger partial charge in [-0.2, -0.15) is 0 Å². The van der Waals surface area contributed by atoms with E-state index in [1.54, 1.807) is 43.3 Å². The summed E-state index contributed by atoms with van der Waals surface area (Å²) in [7, 11) is 0. The fourth-order valence-electron chi connectivity index (χ4n) is 2.74. The third kappa shape index (κ3) is 3.74. The van der Waals surface area contributed by atoms with Crippen molar-refractivity contribution in [2.75, 3.05) is 31.1 Å². The van der Waals surface area contributed by atoms with Gasteiger partial charge in [-0.15, -0.1) is 0 Å². The summed E-state index contributed by atoms with van der Waals surface area (Å²) in [5.74, 6) is 0.284. The quantitative estimate of drug-likeness (QED) is 0.643. The zero-order chi connectivity index (χ0) is 16.9. The number of hydrogen-bond acceptors (Lipinski definition) is 4. The molecule has 3 rings (SSSR count). The summed E-state index contributed by atoms with van der Waals surface area (Å²) < 4.78 is 5.38. The standard InChI is InChI=1S/C19H20N2O3/c1-15(22)20-11-13-21(14-12-20)17-7-9-18(10-8-17)24-19(23)16-5-3-2-4-6-16/h2-10H,11-14H2,1H3. The van der Waals surface area contributed by atoms with E-state index in [9.17, 15) is 9.59 Å². The first-order valence-electron chi connectivity index (χ1n) is 8.01. The molecule has 1 heterocycles. The Labute approximate surface area is 141 Å². The molecule has 0 spiro atoms. The van der Waals surface area contributed by atoms with Crippen molar-refractivity contribution in [1.82, 2.24) is 4.90 Å². The number of carbonyl (C=O) groups is 2. The molecule has 0 saturated carbocycles. The van der Waals surface area contributed by atoms with Crippen LogP contribution in [0.3, 0.4) is 0 Å². The van der Waals surface area contributed by atoms with Crippen LogP contribution in [-0.4, -0.2) is 43.0 Å². The topological polar surface area (TPSA) is 49.9 Å². The molecule has 24 heavy (non-hydrogen) atoms. The molecular formula is C19H20N2O3. The van der Waals surface area contributed by atoms with Gasteiger partial charge in [0.1, 0.15) is 5.75 Å². The van der Waals surface area contributed by atoms with E-state index in [4.69, 9.17) is 4.74 Å². The molecule has 124 valence electrons. The molecule has 5 nitrogen and oxygen atoms in total. The van der Waals surface area contributed by atoms with Crippen LogP contribution in [0.2, 0.25) is 0 Å². The number of benzene rings is 2. The summed E-state index contributed by atoms with van der Waals surface area (Å²) in [6.45, 7) is 4.69. The molecule has 1 aliphatic heterocycles. The van der Waals surface area contributed by atoms with Crippen LogP contribution in [0.4, 0.5) is 5.69 Å². The van der Waals surface area contributed by atoms with Gasteiger partial charge in [-0.05, 0) is 36.4 Å². The van der Waals surface area contributed by atoms with Gasteiger partial charge in [0.25, 0.3) is 0 Å². The van der Waals surface area contributed by atoms with Crippen LogP contribution < -0.4 is 9.64 Å². The minimum absolute atomic E-state index is 0.123. The lowest BCUT2D eigenvalue weighted by Gasteiger charge is -2.35. The van der Waals surface area contributed by atoms with E-state index in [-0.39, 0.29) is 11.9 Å². The Morgan fingerprint density at radius 3 is 2.08 bits per heavy atom. The Morgan fingerprint density at radius 2 is 1.50 bits per heavy atom. The summed E-state index contributed by atoms with van der Waals surface area (Å²) in [4.78, 5) is 27.5. The molecule has 1 aliphatic rings. The average Bonchev–Trinajstić information content (AvgIpc) is 2.63. The molecule has 0 unspecified atom stereocenters. The lowest BCUT2D eigenvalue weighted by Crippen LogP contribution is -2.48. The van der Waals surface area contributed by atoms with Gasteiger partial charge in [0, 0.05) is 38.8 Å². The predicted molar refractivity (Wildman–Crippen MR) is 92.3 cm³/mol. The number of amides is 1. The fraction of sp³-hybridized carbons (Fsp3) is 0.263. The van der Waals surface area contributed by atoms with Crippen LogP contribution >= 0.6 is 0 Å². The van der Waals surface area contributed by atoms with Crippen molar-refractivity contribution in [1.29, 1.82) is 0 Å². The number of anilines is 1. The van der Waals surface area contributed by atoms with Crippen molar-refractivity contribution in [2.24, 2.45) is 0 Å². The lowest BCUT2D eigenvalue weighted by molar-refractivity contribution is -0.129. The van der Waals surface area contributed by atoms with Crippen molar-refractivity contribution in [2.45, 2.75) is 6.92 Å². The minimum Gasteiger partial charge on any atom is -0.423 e. The van der Waals surface area contributed by atoms with Crippen molar-refractivity contribution in [3.05, 3.63) is 60.2 Å². The molecule has 2 aromatic carbocycles. The highest BCUT2D eigenvalue weighted by atomic mass is 16.5. The minimum atomic E-state index is -0.363. The lowest BCUT2D eigenvalue weighted by atomic mass is 10.2. The van der Waals surface area contributed by atoms with E-state index in [1.165, 1.54) is 0 Å². The number of rotatable bonds is 3. The van der Waals surface area contributed by atoms with Gasteiger partial charge < -0.3 is 14.5 Å². The maximum Gasteiger partial charge on any atom is 0.343 e. The maximum atomic E-state index is 12.0. The molecule has 0 bridgehead atoms. The van der Waals surface area contributed by atoms with Gasteiger partial charge in [0.15, 0.2) is 0 Å². The summed E-state index contributed by atoms with van der Waals surface area (Å²) in [6.07, 6.45) is 0. The number of hydrogen-bond donors (Lipinski definition) is 0. The number of ether oxygens (including phenoxy) is 1. The number of esters is 1. The van der Waals surface area contributed by atoms with E-state index in [1.807, 2.05) is 23.1 Å². The van der Waals surface area contributed by atoms with Crippen LogP contribution in [0.1, 0.15) is 17.3 Å². The Bertz CT molecular complexity index is 705. The SMILES string of the molecule is CC(=O)N1CCN(c2ccc(OC(=O)c3ccccc3)cc2)CC1. The largest absolute Gasteiger partial charge is 0.423 e. The Kier molecular flexibility index (Phi) is 4.79. The summed E-state index contributed by atoms with van der Waals surface area (Å²) >= 11 is 0. The summed E-state index contributed by atoms with van der Waals surface area (Å²) in [5, 5.41) is 0. The van der Waals surface area contributed by atoms with Crippen LogP contribution in [0.25, 0.3) is 0 Å². The van der Waals surface area contributed by atoms with Gasteiger partial charge in [-0.1, -0.05) is 18.2 Å². The Morgan fingerprint density at radius 1 is 0.875 bits per heavy atom. The molecule has 0 N–H and O–H groups in total. The Hall–Kier alpha value is -2.82. The first kappa shape index (κ1) is 16.1. The first-order valence-corrected chi connectivity index (χ1v) is 8.01. The second-order valence-corrected chi connectivity index (χ2v) is 5.74. The smallest absolute Gasteiger partial charge is 0.343 e. The molecule has 0 aromatic heterocycles. The van der Waals surface area contributed by atoms with Gasteiger partial charge in [0.2, 0.25) is 5.91 Å². The van der Waals surface area contributed by atoms with Crippen LogP contribution in [0, 0.1) is 0 Å². The molecule has 1 saturated heterocycles. The summed E-state index contributed by atoms with van der Waals surface area (Å²) in [6, 6.07) is 16.4. The highest BCUT2D eigenvalue weighted by molar-refractivity contribution is 5.91. The van der Waals surface area contributed by atoms with Crippen molar-refractivity contribution >= 4 is 17.6 Å². The van der Waals surface area contributed by atoms with E-state index in [0.717, 1.165) is 31.9 Å². The van der Waals surface area contributed by atoms with E-state index in [0.29, 0.717) is 11.3 Å². The number of carbonyl (C=O) groups excluding carboxylic acids is 2. The third-order valence-corrected chi connectivity index (χ3v) is 4.15. The van der Waals surface area contributed by atoms with E-state index in [2.05, 4.69) is 4.90 Å². The first-order chi connectivity index (χ1) is 11.6. The third-order valence-electron chi connectivity index (χ3n) is 4.15. The molecule has 0 atom stereocenters. The van der Waals surface area contributed by atoms with Gasteiger partial charge in [0.05, 0.1) is 5.56 Å². The van der Waals surface area contributed by atoms with E-state index >= 15 is 0 Å². The molecule has 2 aromatic rings.